The van der Waals surface area contributed by atoms with Gasteiger partial charge in [-0.05, 0) is 0 Å². The molecule has 0 heterocycles. The molecule has 0 aliphatic carbocycles. The number of hydrogen-bond acceptors (Lipinski definition) is 2. The van der Waals surface area contributed by atoms with Gasteiger partial charge in [0.2, 0.25) is 5.78 Å². The van der Waals surface area contributed by atoms with Crippen molar-refractivity contribution in [1.29, 1.82) is 0 Å². The van der Waals surface area contributed by atoms with Crippen LogP contribution in [-0.2, 0) is 0 Å². The second-order valence-electron chi connectivity index (χ2n) is 5.77. The van der Waals surface area contributed by atoms with Crippen molar-refractivity contribution >= 4 is 5.78 Å². The summed E-state index contributed by atoms with van der Waals surface area (Å²) < 4.78 is 0.425. The van der Waals surface area contributed by atoms with Crippen LogP contribution in [0.25, 0.3) is 0 Å². The normalized spacial score (nSPS) is 12.9. The first-order chi connectivity index (χ1) is 10.1. The van der Waals surface area contributed by atoms with E-state index in [1.54, 1.807) is 0 Å². The first-order valence-corrected chi connectivity index (χ1v) is 7.14. The minimum atomic E-state index is -0.319. The molecule has 0 fully saturated rings. The van der Waals surface area contributed by atoms with Gasteiger partial charge in [-0.25, -0.2) is 0 Å². The van der Waals surface area contributed by atoms with Gasteiger partial charge in [0, 0.05) is 11.1 Å². The number of benzene rings is 2. The SMILES string of the molecule is C[N+](C)(CCO)C(C(=O)c1ccccc1)c1ccccc1. The quantitative estimate of drug-likeness (QED) is 0.654. The summed E-state index contributed by atoms with van der Waals surface area (Å²) in [6.07, 6.45) is 0. The number of hydrogen-bond donors (Lipinski definition) is 1. The predicted molar refractivity (Wildman–Crippen MR) is 84.0 cm³/mol. The van der Waals surface area contributed by atoms with Crippen LogP contribution in [0.5, 0.6) is 0 Å². The first-order valence-electron chi connectivity index (χ1n) is 7.14. The summed E-state index contributed by atoms with van der Waals surface area (Å²) in [6.45, 7) is 0.580. The van der Waals surface area contributed by atoms with Crippen LogP contribution in [0.1, 0.15) is 22.0 Å². The summed E-state index contributed by atoms with van der Waals surface area (Å²) in [6, 6.07) is 18.8. The molecule has 0 aliphatic heterocycles. The van der Waals surface area contributed by atoms with Gasteiger partial charge in [-0.2, -0.15) is 0 Å². The van der Waals surface area contributed by atoms with Crippen LogP contribution in [0.15, 0.2) is 60.7 Å². The highest BCUT2D eigenvalue weighted by atomic mass is 16.3. The zero-order valence-corrected chi connectivity index (χ0v) is 12.6. The van der Waals surface area contributed by atoms with E-state index < -0.39 is 0 Å². The lowest BCUT2D eigenvalue weighted by molar-refractivity contribution is -0.911. The standard InChI is InChI=1S/C18H22NO2/c1-19(2,13-14-20)17(15-9-5-3-6-10-15)18(21)16-11-7-4-8-12-16/h3-12,17,20H,13-14H2,1-2H3/q+1. The topological polar surface area (TPSA) is 37.3 Å². The van der Waals surface area contributed by atoms with Crippen molar-refractivity contribution in [1.82, 2.24) is 0 Å². The Morgan fingerprint density at radius 2 is 1.52 bits per heavy atom. The van der Waals surface area contributed by atoms with E-state index in [4.69, 9.17) is 0 Å². The minimum Gasteiger partial charge on any atom is -0.391 e. The van der Waals surface area contributed by atoms with Crippen LogP contribution < -0.4 is 0 Å². The summed E-state index contributed by atoms with van der Waals surface area (Å²) in [7, 11) is 3.96. The molecule has 1 N–H and O–H groups in total. The van der Waals surface area contributed by atoms with Crippen molar-refractivity contribution < 1.29 is 14.4 Å². The average Bonchev–Trinajstić information content (AvgIpc) is 2.49. The lowest BCUT2D eigenvalue weighted by Gasteiger charge is -2.37. The number of aliphatic hydroxyl groups is 1. The van der Waals surface area contributed by atoms with Crippen LogP contribution in [0.4, 0.5) is 0 Å². The van der Waals surface area contributed by atoms with Gasteiger partial charge < -0.3 is 9.59 Å². The van der Waals surface area contributed by atoms with E-state index in [0.29, 0.717) is 16.6 Å². The molecule has 1 unspecified atom stereocenters. The number of nitrogens with zero attached hydrogens (tertiary/aromatic N) is 1. The molecule has 0 saturated carbocycles. The smallest absolute Gasteiger partial charge is 0.224 e. The van der Waals surface area contributed by atoms with Gasteiger partial charge in [0.1, 0.15) is 6.54 Å². The van der Waals surface area contributed by atoms with Gasteiger partial charge in [-0.1, -0.05) is 60.7 Å². The Morgan fingerprint density at radius 3 is 2.05 bits per heavy atom. The Bertz CT molecular complexity index is 579. The van der Waals surface area contributed by atoms with E-state index in [2.05, 4.69) is 0 Å². The molecule has 3 heteroatoms. The van der Waals surface area contributed by atoms with Gasteiger partial charge >= 0.3 is 0 Å². The summed E-state index contributed by atoms with van der Waals surface area (Å²) in [5.74, 6) is 0.0836. The zero-order chi connectivity index (χ0) is 15.3. The summed E-state index contributed by atoms with van der Waals surface area (Å²) in [4.78, 5) is 13.0. The summed E-state index contributed by atoms with van der Waals surface area (Å²) >= 11 is 0. The summed E-state index contributed by atoms with van der Waals surface area (Å²) in [5, 5.41) is 9.32. The van der Waals surface area contributed by atoms with Crippen molar-refractivity contribution in [2.75, 3.05) is 27.2 Å². The molecule has 2 aromatic carbocycles. The average molecular weight is 284 g/mol. The van der Waals surface area contributed by atoms with Gasteiger partial charge in [0.15, 0.2) is 6.04 Å². The van der Waals surface area contributed by atoms with Crippen LogP contribution in [-0.4, -0.2) is 42.6 Å². The van der Waals surface area contributed by atoms with Crippen LogP contribution in [0.2, 0.25) is 0 Å². The van der Waals surface area contributed by atoms with E-state index >= 15 is 0 Å². The van der Waals surface area contributed by atoms with Gasteiger partial charge in [-0.15, -0.1) is 0 Å². The fraction of sp³-hybridized carbons (Fsp3) is 0.278. The van der Waals surface area contributed by atoms with Crippen molar-refractivity contribution in [2.24, 2.45) is 0 Å². The third kappa shape index (κ3) is 3.57. The molecule has 110 valence electrons. The molecule has 0 aliphatic rings. The highest BCUT2D eigenvalue weighted by Crippen LogP contribution is 2.28. The Morgan fingerprint density at radius 1 is 1.00 bits per heavy atom. The maximum Gasteiger partial charge on any atom is 0.224 e. The molecular formula is C18H22NO2+. The molecule has 0 aromatic heterocycles. The maximum absolute atomic E-state index is 13.0. The lowest BCUT2D eigenvalue weighted by Crippen LogP contribution is -2.48. The van der Waals surface area contributed by atoms with E-state index in [0.717, 1.165) is 5.56 Å². The number of carbonyl (C=O) groups excluding carboxylic acids is 1. The van der Waals surface area contributed by atoms with E-state index in [1.807, 2.05) is 74.8 Å². The Kier molecular flexibility index (Phi) is 4.89. The van der Waals surface area contributed by atoms with Crippen molar-refractivity contribution in [3.63, 3.8) is 0 Å². The molecule has 0 radical (unpaired) electrons. The molecule has 0 bridgehead atoms. The number of aliphatic hydroxyl groups excluding tert-OH is 1. The second-order valence-corrected chi connectivity index (χ2v) is 5.77. The Balaban J connectivity index is 2.44. The Hall–Kier alpha value is -1.97. The number of Topliss-reactive ketones (excluding diaryl/α,β-unsaturated/α-hetero) is 1. The number of quaternary nitrogens is 1. The predicted octanol–water partition coefficient (Wildman–Crippen LogP) is 2.68. The molecule has 0 amide bonds. The highest BCUT2D eigenvalue weighted by molar-refractivity contribution is 5.99. The van der Waals surface area contributed by atoms with Gasteiger partial charge in [0.25, 0.3) is 0 Å². The molecule has 1 atom stereocenters. The molecule has 3 nitrogen and oxygen atoms in total. The third-order valence-electron chi connectivity index (χ3n) is 3.80. The molecule has 21 heavy (non-hydrogen) atoms. The van der Waals surface area contributed by atoms with Crippen LogP contribution >= 0.6 is 0 Å². The number of rotatable bonds is 6. The molecule has 0 spiro atoms. The minimum absolute atomic E-state index is 0.0540. The fourth-order valence-corrected chi connectivity index (χ4v) is 2.65. The molecule has 2 rings (SSSR count). The number of ketones is 1. The second kappa shape index (κ2) is 6.66. The highest BCUT2D eigenvalue weighted by Gasteiger charge is 2.36. The van der Waals surface area contributed by atoms with E-state index in [1.165, 1.54) is 0 Å². The van der Waals surface area contributed by atoms with Crippen LogP contribution in [0.3, 0.4) is 0 Å². The molecule has 2 aromatic rings. The maximum atomic E-state index is 13.0. The van der Waals surface area contributed by atoms with Gasteiger partial charge in [-0.3, -0.25) is 4.79 Å². The van der Waals surface area contributed by atoms with Crippen molar-refractivity contribution in [2.45, 2.75) is 6.04 Å². The molecular weight excluding hydrogens is 262 g/mol. The monoisotopic (exact) mass is 284 g/mol. The Labute approximate surface area is 126 Å². The number of likely N-dealkylation sites (N-methyl/N-ethyl adjacent to an activating group) is 1. The van der Waals surface area contributed by atoms with E-state index in [-0.39, 0.29) is 18.4 Å². The largest absolute Gasteiger partial charge is 0.391 e. The number of carbonyl (C=O) groups is 1. The molecule has 0 saturated heterocycles. The van der Waals surface area contributed by atoms with Crippen molar-refractivity contribution in [3.05, 3.63) is 71.8 Å². The first kappa shape index (κ1) is 15.4. The lowest BCUT2D eigenvalue weighted by atomic mass is 9.94. The third-order valence-corrected chi connectivity index (χ3v) is 3.80. The fourth-order valence-electron chi connectivity index (χ4n) is 2.65. The van der Waals surface area contributed by atoms with Crippen LogP contribution in [0, 0.1) is 0 Å². The van der Waals surface area contributed by atoms with E-state index in [9.17, 15) is 9.90 Å². The van der Waals surface area contributed by atoms with Crippen molar-refractivity contribution in [3.8, 4) is 0 Å². The zero-order valence-electron chi connectivity index (χ0n) is 12.6. The van der Waals surface area contributed by atoms with Gasteiger partial charge in [0.05, 0.1) is 20.7 Å². The summed E-state index contributed by atoms with van der Waals surface area (Å²) in [5.41, 5.74) is 1.68.